The zero-order valence-electron chi connectivity index (χ0n) is 7.66. The van der Waals surface area contributed by atoms with Gasteiger partial charge in [-0.15, -0.1) is 0 Å². The highest BCUT2D eigenvalue weighted by molar-refractivity contribution is 5.09. The van der Waals surface area contributed by atoms with Crippen molar-refractivity contribution >= 4 is 0 Å². The Labute approximate surface area is 80.4 Å². The normalized spacial score (nSPS) is 14.5. The third kappa shape index (κ3) is 2.50. The summed E-state index contributed by atoms with van der Waals surface area (Å²) in [6, 6.07) is 3.25. The quantitative estimate of drug-likeness (QED) is 0.431. The maximum atomic E-state index is 9.50. The molecule has 0 aliphatic carbocycles. The number of nitrogens with zero attached hydrogens (tertiary/aromatic N) is 3. The molecule has 2 atom stereocenters. The Kier molecular flexibility index (Phi) is 3.53. The van der Waals surface area contributed by atoms with Gasteiger partial charge in [0.05, 0.1) is 12.6 Å². The van der Waals surface area contributed by atoms with E-state index in [-0.39, 0.29) is 12.3 Å². The lowest BCUT2D eigenvalue weighted by Crippen LogP contribution is -2.20. The Hall–Kier alpha value is -1.49. The summed E-state index contributed by atoms with van der Waals surface area (Å²) in [7, 11) is 0. The van der Waals surface area contributed by atoms with Crippen molar-refractivity contribution in [1.82, 2.24) is 0 Å². The molecule has 0 radical (unpaired) electrons. The highest BCUT2D eigenvalue weighted by Gasteiger charge is 2.20. The van der Waals surface area contributed by atoms with Crippen LogP contribution in [0.15, 0.2) is 21.7 Å². The summed E-state index contributed by atoms with van der Waals surface area (Å²) < 4.78 is 5.10. The summed E-state index contributed by atoms with van der Waals surface area (Å²) >= 11 is 0. The van der Waals surface area contributed by atoms with Crippen LogP contribution in [0.2, 0.25) is 0 Å². The van der Waals surface area contributed by atoms with Crippen molar-refractivity contribution < 1.29 is 14.6 Å². The number of hydrogen-bond donors (Lipinski definition) is 2. The second-order valence-corrected chi connectivity index (χ2v) is 2.87. The molecule has 0 fully saturated rings. The van der Waals surface area contributed by atoms with Crippen molar-refractivity contribution in [2.24, 2.45) is 5.11 Å². The van der Waals surface area contributed by atoms with Gasteiger partial charge in [-0.1, -0.05) is 5.11 Å². The van der Waals surface area contributed by atoms with E-state index in [1.807, 2.05) is 0 Å². The second kappa shape index (κ2) is 4.66. The van der Waals surface area contributed by atoms with Crippen LogP contribution in [0.5, 0.6) is 0 Å². The van der Waals surface area contributed by atoms with Crippen LogP contribution < -0.4 is 0 Å². The molecule has 1 rings (SSSR count). The molecule has 0 aliphatic rings. The van der Waals surface area contributed by atoms with Crippen molar-refractivity contribution in [3.05, 3.63) is 34.1 Å². The molecule has 0 spiro atoms. The van der Waals surface area contributed by atoms with Crippen LogP contribution in [0.25, 0.3) is 10.4 Å². The van der Waals surface area contributed by atoms with Gasteiger partial charge in [0.25, 0.3) is 0 Å². The Morgan fingerprint density at radius 2 is 2.29 bits per heavy atom. The van der Waals surface area contributed by atoms with E-state index in [0.717, 1.165) is 0 Å². The smallest absolute Gasteiger partial charge is 0.137 e. The molecule has 0 bridgehead atoms. The SMILES string of the molecule is Cc1ccc(C(O)C(O)CN=[N+]=[N-])o1. The van der Waals surface area contributed by atoms with Crippen LogP contribution in [0, 0.1) is 6.92 Å². The molecule has 2 unspecified atom stereocenters. The fourth-order valence-electron chi connectivity index (χ4n) is 1.02. The van der Waals surface area contributed by atoms with Gasteiger partial charge < -0.3 is 14.6 Å². The van der Waals surface area contributed by atoms with E-state index < -0.39 is 12.2 Å². The average Bonchev–Trinajstić information content (AvgIpc) is 2.60. The first-order chi connectivity index (χ1) is 6.65. The summed E-state index contributed by atoms with van der Waals surface area (Å²) in [5.41, 5.74) is 8.01. The van der Waals surface area contributed by atoms with Gasteiger partial charge in [0, 0.05) is 4.91 Å². The van der Waals surface area contributed by atoms with E-state index in [1.165, 1.54) is 0 Å². The van der Waals surface area contributed by atoms with E-state index >= 15 is 0 Å². The van der Waals surface area contributed by atoms with Crippen LogP contribution in [-0.2, 0) is 0 Å². The molecule has 6 nitrogen and oxygen atoms in total. The van der Waals surface area contributed by atoms with Crippen LogP contribution >= 0.6 is 0 Å². The zero-order chi connectivity index (χ0) is 10.6. The first-order valence-electron chi connectivity index (χ1n) is 4.08. The molecule has 1 aromatic rings. The monoisotopic (exact) mass is 197 g/mol. The summed E-state index contributed by atoms with van der Waals surface area (Å²) in [5.74, 6) is 0.915. The molecule has 0 aliphatic heterocycles. The fraction of sp³-hybridized carbons (Fsp3) is 0.500. The van der Waals surface area contributed by atoms with Crippen molar-refractivity contribution in [1.29, 1.82) is 0 Å². The van der Waals surface area contributed by atoms with E-state index in [2.05, 4.69) is 10.0 Å². The van der Waals surface area contributed by atoms with Crippen LogP contribution in [0.4, 0.5) is 0 Å². The molecule has 0 saturated heterocycles. The number of aliphatic hydroxyl groups excluding tert-OH is 2. The zero-order valence-corrected chi connectivity index (χ0v) is 7.66. The van der Waals surface area contributed by atoms with Crippen LogP contribution in [0.3, 0.4) is 0 Å². The largest absolute Gasteiger partial charge is 0.464 e. The first-order valence-corrected chi connectivity index (χ1v) is 4.08. The van der Waals surface area contributed by atoms with Gasteiger partial charge in [-0.3, -0.25) is 0 Å². The van der Waals surface area contributed by atoms with E-state index in [0.29, 0.717) is 5.76 Å². The van der Waals surface area contributed by atoms with Gasteiger partial charge in [-0.25, -0.2) is 0 Å². The molecule has 0 aromatic carbocycles. The maximum absolute atomic E-state index is 9.50. The molecular weight excluding hydrogens is 186 g/mol. The fourth-order valence-corrected chi connectivity index (χ4v) is 1.02. The third-order valence-corrected chi connectivity index (χ3v) is 1.75. The van der Waals surface area contributed by atoms with Gasteiger partial charge >= 0.3 is 0 Å². The number of rotatable bonds is 4. The minimum Gasteiger partial charge on any atom is -0.464 e. The summed E-state index contributed by atoms with van der Waals surface area (Å²) in [5, 5.41) is 22.0. The van der Waals surface area contributed by atoms with Crippen molar-refractivity contribution in [3.8, 4) is 0 Å². The number of aryl methyl sites for hydroxylation is 1. The highest BCUT2D eigenvalue weighted by Crippen LogP contribution is 2.19. The lowest BCUT2D eigenvalue weighted by Gasteiger charge is -2.12. The molecule has 2 N–H and O–H groups in total. The molecule has 14 heavy (non-hydrogen) atoms. The predicted octanol–water partition coefficient (Wildman–Crippen LogP) is 1.29. The maximum Gasteiger partial charge on any atom is 0.137 e. The Balaban J connectivity index is 2.64. The summed E-state index contributed by atoms with van der Waals surface area (Å²) in [4.78, 5) is 2.48. The van der Waals surface area contributed by atoms with Crippen molar-refractivity contribution in [2.75, 3.05) is 6.54 Å². The second-order valence-electron chi connectivity index (χ2n) is 2.87. The molecule has 6 heteroatoms. The van der Waals surface area contributed by atoms with Crippen LogP contribution in [-0.4, -0.2) is 22.9 Å². The molecule has 0 saturated carbocycles. The Morgan fingerprint density at radius 3 is 2.79 bits per heavy atom. The van der Waals surface area contributed by atoms with Gasteiger partial charge in [0.15, 0.2) is 0 Å². The molecule has 1 aromatic heterocycles. The Bertz CT molecular complexity index is 343. The molecule has 0 amide bonds. The van der Waals surface area contributed by atoms with Gasteiger partial charge in [-0.05, 0) is 24.6 Å². The topological polar surface area (TPSA) is 102 Å². The number of furan rings is 1. The lowest BCUT2D eigenvalue weighted by molar-refractivity contribution is 0.0108. The van der Waals surface area contributed by atoms with E-state index in [9.17, 15) is 10.2 Å². The average molecular weight is 197 g/mol. The van der Waals surface area contributed by atoms with Gasteiger partial charge in [-0.2, -0.15) is 0 Å². The van der Waals surface area contributed by atoms with Crippen molar-refractivity contribution in [2.45, 2.75) is 19.1 Å². The minimum atomic E-state index is -1.16. The molecular formula is C8H11N3O3. The van der Waals surface area contributed by atoms with Gasteiger partial charge in [0.2, 0.25) is 0 Å². The first kappa shape index (κ1) is 10.6. The van der Waals surface area contributed by atoms with Crippen molar-refractivity contribution in [3.63, 3.8) is 0 Å². The van der Waals surface area contributed by atoms with E-state index in [4.69, 9.17) is 9.95 Å². The lowest BCUT2D eigenvalue weighted by atomic mass is 10.1. The number of azide groups is 1. The predicted molar refractivity (Wildman–Crippen MR) is 48.4 cm³/mol. The molecule has 76 valence electrons. The summed E-state index contributed by atoms with van der Waals surface area (Å²) in [6.07, 6.45) is -2.30. The third-order valence-electron chi connectivity index (χ3n) is 1.75. The minimum absolute atomic E-state index is 0.183. The van der Waals surface area contributed by atoms with E-state index in [1.54, 1.807) is 19.1 Å². The number of aliphatic hydroxyl groups is 2. The Morgan fingerprint density at radius 1 is 1.57 bits per heavy atom. The van der Waals surface area contributed by atoms with Crippen LogP contribution in [0.1, 0.15) is 17.6 Å². The van der Waals surface area contributed by atoms with Gasteiger partial charge in [0.1, 0.15) is 17.6 Å². The standard InChI is InChI=1S/C8H11N3O3/c1-5-2-3-7(14-5)8(13)6(12)4-10-11-9/h2-3,6,8,12-13H,4H2,1H3. The summed E-state index contributed by atoms with van der Waals surface area (Å²) in [6.45, 7) is 1.55. The highest BCUT2D eigenvalue weighted by atomic mass is 16.4. The number of hydrogen-bond acceptors (Lipinski definition) is 4. The molecule has 1 heterocycles.